The number of hydrogen-bond acceptors (Lipinski definition) is 1. The quantitative estimate of drug-likeness (QED) is 0.618. The predicted octanol–water partition coefficient (Wildman–Crippen LogP) is 3.01. The molecule has 0 spiro atoms. The lowest BCUT2D eigenvalue weighted by molar-refractivity contribution is 0.295. The molecule has 0 saturated carbocycles. The maximum absolute atomic E-state index is 9.62. The first-order chi connectivity index (χ1) is 6.24. The van der Waals surface area contributed by atoms with Crippen LogP contribution in [0.3, 0.4) is 0 Å². The number of rotatable bonds is 1. The number of hydrogen-bond donors (Lipinski definition) is 0. The van der Waals surface area contributed by atoms with E-state index >= 15 is 0 Å². The van der Waals surface area contributed by atoms with E-state index in [0.29, 0.717) is 0 Å². The SMILES string of the molecule is CCN1CCCC(C)CC1.FCF. The van der Waals surface area contributed by atoms with Crippen LogP contribution in [0.1, 0.15) is 33.1 Å². The van der Waals surface area contributed by atoms with Crippen molar-refractivity contribution in [2.45, 2.75) is 33.1 Å². The summed E-state index contributed by atoms with van der Waals surface area (Å²) >= 11 is 0. The van der Waals surface area contributed by atoms with Gasteiger partial charge >= 0.3 is 0 Å². The molecule has 13 heavy (non-hydrogen) atoms. The van der Waals surface area contributed by atoms with Crippen molar-refractivity contribution < 1.29 is 8.78 Å². The van der Waals surface area contributed by atoms with Gasteiger partial charge in [-0.2, -0.15) is 0 Å². The molecule has 3 heteroatoms. The first-order valence-corrected chi connectivity index (χ1v) is 5.08. The fourth-order valence-corrected chi connectivity index (χ4v) is 1.64. The molecular formula is C10H21F2N. The first-order valence-electron chi connectivity index (χ1n) is 5.08. The van der Waals surface area contributed by atoms with Crippen molar-refractivity contribution in [3.8, 4) is 0 Å². The lowest BCUT2D eigenvalue weighted by Gasteiger charge is -2.16. The average molecular weight is 193 g/mol. The van der Waals surface area contributed by atoms with E-state index in [2.05, 4.69) is 18.7 Å². The van der Waals surface area contributed by atoms with Crippen molar-refractivity contribution >= 4 is 0 Å². The molecular weight excluding hydrogens is 172 g/mol. The lowest BCUT2D eigenvalue weighted by atomic mass is 10.0. The van der Waals surface area contributed by atoms with E-state index in [0.717, 1.165) is 5.92 Å². The number of alkyl halides is 2. The fourth-order valence-electron chi connectivity index (χ4n) is 1.64. The zero-order chi connectivity index (χ0) is 10.1. The zero-order valence-corrected chi connectivity index (χ0v) is 8.73. The largest absolute Gasteiger partial charge is 0.304 e. The molecule has 1 heterocycles. The molecule has 1 rings (SSSR count). The minimum atomic E-state index is -1.75. The minimum Gasteiger partial charge on any atom is -0.304 e. The van der Waals surface area contributed by atoms with E-state index < -0.39 is 6.93 Å². The zero-order valence-electron chi connectivity index (χ0n) is 8.73. The molecule has 0 bridgehead atoms. The molecule has 1 saturated heterocycles. The van der Waals surface area contributed by atoms with Crippen molar-refractivity contribution in [1.82, 2.24) is 4.90 Å². The molecule has 1 fully saturated rings. The van der Waals surface area contributed by atoms with E-state index in [1.54, 1.807) is 0 Å². The lowest BCUT2D eigenvalue weighted by Crippen LogP contribution is -2.23. The minimum absolute atomic E-state index is 0.969. The summed E-state index contributed by atoms with van der Waals surface area (Å²) in [6.45, 7) is 6.79. The summed E-state index contributed by atoms with van der Waals surface area (Å²) in [4.78, 5) is 2.56. The van der Waals surface area contributed by atoms with Crippen LogP contribution < -0.4 is 0 Å². The Morgan fingerprint density at radius 3 is 2.38 bits per heavy atom. The van der Waals surface area contributed by atoms with Gasteiger partial charge in [0.1, 0.15) is 0 Å². The van der Waals surface area contributed by atoms with Gasteiger partial charge in [-0.25, -0.2) is 8.78 Å². The second-order valence-corrected chi connectivity index (χ2v) is 3.57. The van der Waals surface area contributed by atoms with E-state index in [9.17, 15) is 8.78 Å². The van der Waals surface area contributed by atoms with Gasteiger partial charge in [-0.05, 0) is 44.8 Å². The summed E-state index contributed by atoms with van der Waals surface area (Å²) < 4.78 is 19.2. The third-order valence-electron chi connectivity index (χ3n) is 2.56. The van der Waals surface area contributed by atoms with Crippen LogP contribution in [0.4, 0.5) is 8.78 Å². The Hall–Kier alpha value is -0.180. The van der Waals surface area contributed by atoms with Crippen LogP contribution in [-0.2, 0) is 0 Å². The van der Waals surface area contributed by atoms with Gasteiger partial charge in [-0.1, -0.05) is 13.8 Å². The van der Waals surface area contributed by atoms with Crippen LogP contribution in [-0.4, -0.2) is 31.5 Å². The summed E-state index contributed by atoms with van der Waals surface area (Å²) in [6.07, 6.45) is 4.26. The Balaban J connectivity index is 0.000000424. The van der Waals surface area contributed by atoms with E-state index in [-0.39, 0.29) is 0 Å². The number of likely N-dealkylation sites (tertiary alicyclic amines) is 1. The summed E-state index contributed by atoms with van der Waals surface area (Å²) in [5, 5.41) is 0. The Morgan fingerprint density at radius 2 is 1.85 bits per heavy atom. The van der Waals surface area contributed by atoms with Crippen LogP contribution in [0.2, 0.25) is 0 Å². The van der Waals surface area contributed by atoms with Crippen LogP contribution in [0.5, 0.6) is 0 Å². The molecule has 1 aliphatic heterocycles. The molecule has 0 aromatic heterocycles. The monoisotopic (exact) mass is 193 g/mol. The highest BCUT2D eigenvalue weighted by atomic mass is 19.3. The van der Waals surface area contributed by atoms with E-state index in [1.165, 1.54) is 38.9 Å². The van der Waals surface area contributed by atoms with Crippen molar-refractivity contribution in [3.63, 3.8) is 0 Å². The van der Waals surface area contributed by atoms with Gasteiger partial charge in [0.2, 0.25) is 6.93 Å². The van der Waals surface area contributed by atoms with Crippen LogP contribution in [0, 0.1) is 5.92 Å². The van der Waals surface area contributed by atoms with Crippen molar-refractivity contribution in [3.05, 3.63) is 0 Å². The molecule has 80 valence electrons. The van der Waals surface area contributed by atoms with Gasteiger partial charge in [0.25, 0.3) is 0 Å². The van der Waals surface area contributed by atoms with Crippen LogP contribution >= 0.6 is 0 Å². The maximum atomic E-state index is 9.62. The molecule has 1 nitrogen and oxygen atoms in total. The van der Waals surface area contributed by atoms with Gasteiger partial charge in [0.05, 0.1) is 0 Å². The molecule has 0 aromatic carbocycles. The Kier molecular flexibility index (Phi) is 8.30. The molecule has 0 N–H and O–H groups in total. The third kappa shape index (κ3) is 6.94. The van der Waals surface area contributed by atoms with E-state index in [1.807, 2.05) is 0 Å². The average Bonchev–Trinajstić information content (AvgIpc) is 2.31. The summed E-state index contributed by atoms with van der Waals surface area (Å²) in [7, 11) is 0. The number of nitrogens with zero attached hydrogens (tertiary/aromatic N) is 1. The second kappa shape index (κ2) is 8.42. The Morgan fingerprint density at radius 1 is 1.23 bits per heavy atom. The Labute approximate surface area is 80.1 Å². The highest BCUT2D eigenvalue weighted by Gasteiger charge is 2.11. The van der Waals surface area contributed by atoms with Crippen molar-refractivity contribution in [2.24, 2.45) is 5.92 Å². The van der Waals surface area contributed by atoms with Crippen molar-refractivity contribution in [1.29, 1.82) is 0 Å². The molecule has 1 atom stereocenters. The third-order valence-corrected chi connectivity index (χ3v) is 2.56. The molecule has 0 aromatic rings. The summed E-state index contributed by atoms with van der Waals surface area (Å²) in [5.41, 5.74) is 0. The maximum Gasteiger partial charge on any atom is 0.229 e. The van der Waals surface area contributed by atoms with Crippen molar-refractivity contribution in [2.75, 3.05) is 26.6 Å². The number of halogens is 2. The van der Waals surface area contributed by atoms with Gasteiger partial charge in [-0.3, -0.25) is 0 Å². The highest BCUT2D eigenvalue weighted by Crippen LogP contribution is 2.15. The van der Waals surface area contributed by atoms with Crippen LogP contribution in [0.15, 0.2) is 0 Å². The highest BCUT2D eigenvalue weighted by molar-refractivity contribution is 4.65. The Bertz CT molecular complexity index is 109. The molecule has 0 amide bonds. The molecule has 0 aliphatic carbocycles. The first kappa shape index (κ1) is 12.8. The van der Waals surface area contributed by atoms with Gasteiger partial charge < -0.3 is 4.90 Å². The van der Waals surface area contributed by atoms with E-state index in [4.69, 9.17) is 0 Å². The van der Waals surface area contributed by atoms with Gasteiger partial charge in [0, 0.05) is 0 Å². The smallest absolute Gasteiger partial charge is 0.229 e. The van der Waals surface area contributed by atoms with Crippen LogP contribution in [0.25, 0.3) is 0 Å². The predicted molar refractivity (Wildman–Crippen MR) is 52.2 cm³/mol. The summed E-state index contributed by atoms with van der Waals surface area (Å²) in [5.74, 6) is 0.969. The normalized spacial score (nSPS) is 24.5. The van der Waals surface area contributed by atoms with Gasteiger partial charge in [-0.15, -0.1) is 0 Å². The van der Waals surface area contributed by atoms with Gasteiger partial charge in [0.15, 0.2) is 0 Å². The standard InChI is InChI=1S/C9H19N.CH2F2/c1-3-10-7-4-5-9(2)6-8-10;2-1-3/h9H,3-8H2,1-2H3;1H2. The second-order valence-electron chi connectivity index (χ2n) is 3.57. The molecule has 1 unspecified atom stereocenters. The fraction of sp³-hybridized carbons (Fsp3) is 1.00. The molecule has 0 radical (unpaired) electrons. The topological polar surface area (TPSA) is 3.24 Å². The molecule has 1 aliphatic rings. The summed E-state index contributed by atoms with van der Waals surface area (Å²) in [6, 6.07) is 0.